The molecule has 0 spiro atoms. The van der Waals surface area contributed by atoms with Gasteiger partial charge in [-0.05, 0) is 37.6 Å². The Morgan fingerprint density at radius 1 is 1.26 bits per heavy atom. The predicted molar refractivity (Wildman–Crippen MR) is 103 cm³/mol. The van der Waals surface area contributed by atoms with E-state index in [9.17, 15) is 0 Å². The van der Waals surface area contributed by atoms with E-state index < -0.39 is 0 Å². The van der Waals surface area contributed by atoms with E-state index >= 15 is 0 Å². The summed E-state index contributed by atoms with van der Waals surface area (Å²) < 4.78 is 11.6. The molecular formula is C20H21N4O2S+. The molecule has 3 aromatic rings. The molecule has 0 bridgehead atoms. The Kier molecular flexibility index (Phi) is 5.03. The third kappa shape index (κ3) is 3.78. The number of morpholine rings is 1. The van der Waals surface area contributed by atoms with E-state index in [1.165, 1.54) is 9.78 Å². The van der Waals surface area contributed by atoms with Crippen molar-refractivity contribution < 1.29 is 14.4 Å². The number of nitriles is 1. The molecule has 2 aromatic heterocycles. The molecule has 6 nitrogen and oxygen atoms in total. The van der Waals surface area contributed by atoms with Gasteiger partial charge in [0.2, 0.25) is 5.88 Å². The fourth-order valence-electron chi connectivity index (χ4n) is 3.21. The summed E-state index contributed by atoms with van der Waals surface area (Å²) in [6, 6.07) is 9.30. The van der Waals surface area contributed by atoms with Gasteiger partial charge in [-0.3, -0.25) is 0 Å². The molecule has 0 amide bonds. The van der Waals surface area contributed by atoms with Crippen LogP contribution in [0, 0.1) is 25.2 Å². The SMILES string of the molecule is Cc1sc2nc(C[NH+]3CCOCC3)nc(Oc3cccc(C#N)c3)c2c1C. The Bertz CT molecular complexity index is 1020. The number of nitrogens with zero attached hydrogens (tertiary/aromatic N) is 3. The molecule has 1 fully saturated rings. The van der Waals surface area contributed by atoms with Gasteiger partial charge in [0.05, 0.1) is 30.2 Å². The number of rotatable bonds is 4. The van der Waals surface area contributed by atoms with E-state index in [0.717, 1.165) is 54.5 Å². The van der Waals surface area contributed by atoms with Crippen molar-refractivity contribution in [3.05, 3.63) is 46.1 Å². The first kappa shape index (κ1) is 17.9. The highest BCUT2D eigenvalue weighted by atomic mass is 32.1. The summed E-state index contributed by atoms with van der Waals surface area (Å²) in [4.78, 5) is 13.1. The second kappa shape index (κ2) is 7.61. The lowest BCUT2D eigenvalue weighted by atomic mass is 10.2. The van der Waals surface area contributed by atoms with Gasteiger partial charge in [-0.25, -0.2) is 4.98 Å². The van der Waals surface area contributed by atoms with Gasteiger partial charge in [0, 0.05) is 4.88 Å². The van der Waals surface area contributed by atoms with Gasteiger partial charge >= 0.3 is 0 Å². The molecule has 1 aromatic carbocycles. The van der Waals surface area contributed by atoms with Crippen LogP contribution in [0.25, 0.3) is 10.2 Å². The number of hydrogen-bond acceptors (Lipinski definition) is 6. The van der Waals surface area contributed by atoms with E-state index in [1.54, 1.807) is 23.5 Å². The third-order valence-corrected chi connectivity index (χ3v) is 5.93. The van der Waals surface area contributed by atoms with E-state index in [-0.39, 0.29) is 0 Å². The maximum atomic E-state index is 9.13. The number of fused-ring (bicyclic) bond motifs is 1. The molecule has 0 unspecified atom stereocenters. The molecule has 1 saturated heterocycles. The van der Waals surface area contributed by atoms with Crippen LogP contribution in [0.1, 0.15) is 21.8 Å². The van der Waals surface area contributed by atoms with Gasteiger partial charge in [0.1, 0.15) is 30.2 Å². The normalized spacial score (nSPS) is 15.0. The number of aromatic nitrogens is 2. The number of aryl methyl sites for hydroxylation is 2. The second-order valence-corrected chi connectivity index (χ2v) is 7.89. The monoisotopic (exact) mass is 381 g/mol. The minimum atomic E-state index is 0.564. The summed E-state index contributed by atoms with van der Waals surface area (Å²) in [6.45, 7) is 8.40. The molecule has 0 radical (unpaired) electrons. The first-order valence-electron chi connectivity index (χ1n) is 9.00. The molecule has 1 aliphatic rings. The number of quaternary nitrogens is 1. The molecule has 7 heteroatoms. The summed E-state index contributed by atoms with van der Waals surface area (Å²) in [6.07, 6.45) is 0. The lowest BCUT2D eigenvalue weighted by Crippen LogP contribution is -3.12. The molecule has 4 rings (SSSR count). The zero-order valence-electron chi connectivity index (χ0n) is 15.4. The van der Waals surface area contributed by atoms with E-state index in [2.05, 4.69) is 19.9 Å². The van der Waals surface area contributed by atoms with Crippen molar-refractivity contribution in [3.8, 4) is 17.7 Å². The van der Waals surface area contributed by atoms with Gasteiger partial charge in [0.15, 0.2) is 5.82 Å². The quantitative estimate of drug-likeness (QED) is 0.751. The average molecular weight is 381 g/mol. The summed E-state index contributed by atoms with van der Waals surface area (Å²) in [5, 5.41) is 10.1. The van der Waals surface area contributed by atoms with E-state index in [0.29, 0.717) is 17.2 Å². The second-order valence-electron chi connectivity index (χ2n) is 6.69. The number of benzene rings is 1. The van der Waals surface area contributed by atoms with Crippen molar-refractivity contribution in [2.75, 3.05) is 26.3 Å². The van der Waals surface area contributed by atoms with Crippen LogP contribution < -0.4 is 9.64 Å². The maximum Gasteiger partial charge on any atom is 0.231 e. The van der Waals surface area contributed by atoms with Crippen molar-refractivity contribution in [1.29, 1.82) is 5.26 Å². The van der Waals surface area contributed by atoms with Crippen molar-refractivity contribution >= 4 is 21.6 Å². The van der Waals surface area contributed by atoms with Gasteiger partial charge in [0.25, 0.3) is 0 Å². The molecule has 0 atom stereocenters. The zero-order chi connectivity index (χ0) is 18.8. The molecule has 3 heterocycles. The summed E-state index contributed by atoms with van der Waals surface area (Å²) in [5.41, 5.74) is 1.71. The van der Waals surface area contributed by atoms with Crippen LogP contribution in [-0.4, -0.2) is 36.3 Å². The number of ether oxygens (including phenoxy) is 2. The Labute approximate surface area is 162 Å². The highest BCUT2D eigenvalue weighted by molar-refractivity contribution is 7.18. The van der Waals surface area contributed by atoms with Crippen LogP contribution in [0.3, 0.4) is 0 Å². The lowest BCUT2D eigenvalue weighted by molar-refractivity contribution is -0.922. The van der Waals surface area contributed by atoms with Gasteiger partial charge in [-0.2, -0.15) is 10.2 Å². The Morgan fingerprint density at radius 2 is 2.07 bits per heavy atom. The smallest absolute Gasteiger partial charge is 0.231 e. The minimum absolute atomic E-state index is 0.564. The Morgan fingerprint density at radius 3 is 2.85 bits per heavy atom. The highest BCUT2D eigenvalue weighted by Gasteiger charge is 2.20. The van der Waals surface area contributed by atoms with Gasteiger partial charge < -0.3 is 14.4 Å². The van der Waals surface area contributed by atoms with Crippen molar-refractivity contribution in [2.45, 2.75) is 20.4 Å². The molecule has 1 aliphatic heterocycles. The average Bonchev–Trinajstić information content (AvgIpc) is 2.97. The fourth-order valence-corrected chi connectivity index (χ4v) is 4.25. The van der Waals surface area contributed by atoms with Crippen LogP contribution in [0.2, 0.25) is 0 Å². The van der Waals surface area contributed by atoms with Crippen LogP contribution in [-0.2, 0) is 11.3 Å². The zero-order valence-corrected chi connectivity index (χ0v) is 16.2. The Hall–Kier alpha value is -2.53. The number of thiophene rings is 1. The maximum absolute atomic E-state index is 9.13. The largest absolute Gasteiger partial charge is 0.438 e. The third-order valence-electron chi connectivity index (χ3n) is 4.83. The number of nitrogens with one attached hydrogen (secondary N) is 1. The Balaban J connectivity index is 1.73. The standard InChI is InChI=1S/C20H20N4O2S/c1-13-14(2)27-20-18(13)19(26-16-5-3-4-15(10-16)11-21)22-17(23-20)12-24-6-8-25-9-7-24/h3-5,10H,6-9,12H2,1-2H3/p+1. The molecule has 0 aliphatic carbocycles. The van der Waals surface area contributed by atoms with E-state index in [1.807, 2.05) is 12.1 Å². The molecule has 138 valence electrons. The fraction of sp³-hybridized carbons (Fsp3) is 0.350. The number of hydrogen-bond donors (Lipinski definition) is 1. The minimum Gasteiger partial charge on any atom is -0.438 e. The first-order chi connectivity index (χ1) is 13.1. The molecule has 1 N–H and O–H groups in total. The molecule has 0 saturated carbocycles. The highest BCUT2D eigenvalue weighted by Crippen LogP contribution is 2.36. The molecular weight excluding hydrogens is 360 g/mol. The van der Waals surface area contributed by atoms with E-state index in [4.69, 9.17) is 24.7 Å². The van der Waals surface area contributed by atoms with Crippen LogP contribution in [0.4, 0.5) is 0 Å². The van der Waals surface area contributed by atoms with Gasteiger partial charge in [-0.1, -0.05) is 6.07 Å². The molecule has 27 heavy (non-hydrogen) atoms. The van der Waals surface area contributed by atoms with Gasteiger partial charge in [-0.15, -0.1) is 11.3 Å². The summed E-state index contributed by atoms with van der Waals surface area (Å²) in [5.74, 6) is 1.97. The van der Waals surface area contributed by atoms with Crippen molar-refractivity contribution in [3.63, 3.8) is 0 Å². The van der Waals surface area contributed by atoms with Crippen LogP contribution >= 0.6 is 11.3 Å². The van der Waals surface area contributed by atoms with Crippen molar-refractivity contribution in [2.24, 2.45) is 0 Å². The first-order valence-corrected chi connectivity index (χ1v) is 9.81. The summed E-state index contributed by atoms with van der Waals surface area (Å²) >= 11 is 1.67. The predicted octanol–water partition coefficient (Wildman–Crippen LogP) is 2.39. The van der Waals surface area contributed by atoms with Crippen LogP contribution in [0.5, 0.6) is 11.6 Å². The lowest BCUT2D eigenvalue weighted by Gasteiger charge is -2.23. The summed E-state index contributed by atoms with van der Waals surface area (Å²) in [7, 11) is 0. The topological polar surface area (TPSA) is 72.5 Å². The van der Waals surface area contributed by atoms with Crippen molar-refractivity contribution in [1.82, 2.24) is 9.97 Å². The van der Waals surface area contributed by atoms with Crippen LogP contribution in [0.15, 0.2) is 24.3 Å².